The van der Waals surface area contributed by atoms with E-state index in [1.165, 1.54) is 0 Å². The highest BCUT2D eigenvalue weighted by Gasteiger charge is 2.28. The fourth-order valence-corrected chi connectivity index (χ4v) is 1.52. The van der Waals surface area contributed by atoms with Crippen LogP contribution in [0, 0.1) is 11.3 Å². The fraction of sp³-hybridized carbons (Fsp3) is 0.417. The molecule has 0 aliphatic heterocycles. The van der Waals surface area contributed by atoms with Gasteiger partial charge in [-0.25, -0.2) is 0 Å². The van der Waals surface area contributed by atoms with Crippen LogP contribution in [0.5, 0.6) is 0 Å². The first-order valence-electron chi connectivity index (χ1n) is 5.25. The fourth-order valence-electron chi connectivity index (χ4n) is 1.52. The summed E-state index contributed by atoms with van der Waals surface area (Å²) in [4.78, 5) is 0. The molecule has 1 unspecified atom stereocenters. The molecule has 2 nitrogen and oxygen atoms in total. The van der Waals surface area contributed by atoms with E-state index in [1.807, 2.05) is 6.07 Å². The maximum Gasteiger partial charge on any atom is 0.401 e. The van der Waals surface area contributed by atoms with Crippen LogP contribution in [0.15, 0.2) is 30.3 Å². The summed E-state index contributed by atoms with van der Waals surface area (Å²) in [5, 5.41) is 10.9. The molecule has 1 rings (SSSR count). The Bertz CT molecular complexity index is 368. The molecule has 1 aromatic carbocycles. The topological polar surface area (TPSA) is 35.8 Å². The molecular weight excluding hydrogens is 229 g/mol. The van der Waals surface area contributed by atoms with Crippen molar-refractivity contribution < 1.29 is 13.2 Å². The molecule has 1 aromatic rings. The van der Waals surface area contributed by atoms with Gasteiger partial charge in [0, 0.05) is 12.5 Å². The normalized spacial score (nSPS) is 13.1. The first kappa shape index (κ1) is 13.5. The van der Waals surface area contributed by atoms with Crippen LogP contribution >= 0.6 is 0 Å². The first-order chi connectivity index (χ1) is 8.03. The van der Waals surface area contributed by atoms with E-state index < -0.39 is 18.8 Å². The Labute approximate surface area is 98.1 Å². The van der Waals surface area contributed by atoms with Gasteiger partial charge in [-0.3, -0.25) is 0 Å². The van der Waals surface area contributed by atoms with Gasteiger partial charge in [-0.15, -0.1) is 0 Å². The minimum absolute atomic E-state index is 0.227. The van der Waals surface area contributed by atoms with Crippen molar-refractivity contribution in [1.29, 1.82) is 5.26 Å². The predicted molar refractivity (Wildman–Crippen MR) is 58.1 cm³/mol. The molecule has 0 aromatic heterocycles. The van der Waals surface area contributed by atoms with Gasteiger partial charge in [0.05, 0.1) is 12.6 Å². The molecule has 0 radical (unpaired) electrons. The van der Waals surface area contributed by atoms with Crippen molar-refractivity contribution in [2.75, 3.05) is 6.54 Å². The molecule has 0 bridgehead atoms. The van der Waals surface area contributed by atoms with E-state index in [0.717, 1.165) is 5.56 Å². The molecule has 0 saturated carbocycles. The van der Waals surface area contributed by atoms with E-state index in [1.54, 1.807) is 30.3 Å². The zero-order valence-corrected chi connectivity index (χ0v) is 9.17. The van der Waals surface area contributed by atoms with Crippen molar-refractivity contribution in [2.45, 2.75) is 25.1 Å². The van der Waals surface area contributed by atoms with Crippen LogP contribution in [0.2, 0.25) is 0 Å². The molecular formula is C12H13F3N2. The average Bonchev–Trinajstić information content (AvgIpc) is 2.29. The monoisotopic (exact) mass is 242 g/mol. The maximum atomic E-state index is 12.1. The minimum atomic E-state index is -4.24. The second-order valence-electron chi connectivity index (χ2n) is 3.66. The van der Waals surface area contributed by atoms with Gasteiger partial charge in [0.2, 0.25) is 0 Å². The smallest absolute Gasteiger partial charge is 0.302 e. The highest BCUT2D eigenvalue weighted by Crippen LogP contribution is 2.20. The van der Waals surface area contributed by atoms with Crippen LogP contribution < -0.4 is 5.32 Å². The van der Waals surface area contributed by atoms with Gasteiger partial charge in [0.25, 0.3) is 0 Å². The molecule has 0 fully saturated rings. The molecule has 0 aliphatic rings. The van der Waals surface area contributed by atoms with Gasteiger partial charge < -0.3 is 5.32 Å². The number of hydrogen-bond donors (Lipinski definition) is 1. The summed E-state index contributed by atoms with van der Waals surface area (Å²) in [6.07, 6.45) is -3.64. The Kier molecular flexibility index (Phi) is 4.98. The van der Waals surface area contributed by atoms with Gasteiger partial charge in [0.15, 0.2) is 0 Å². The lowest BCUT2D eigenvalue weighted by Gasteiger charge is -2.19. The predicted octanol–water partition coefficient (Wildman–Crippen LogP) is 3.18. The van der Waals surface area contributed by atoms with E-state index in [9.17, 15) is 13.2 Å². The SMILES string of the molecule is N#CCCC(NCC(F)(F)F)c1ccccc1. The van der Waals surface area contributed by atoms with Crippen LogP contribution in [0.1, 0.15) is 24.4 Å². The summed E-state index contributed by atoms with van der Waals surface area (Å²) in [5.74, 6) is 0. The number of benzene rings is 1. The van der Waals surface area contributed by atoms with E-state index in [-0.39, 0.29) is 6.42 Å². The Morgan fingerprint density at radius 3 is 2.41 bits per heavy atom. The van der Waals surface area contributed by atoms with Gasteiger partial charge in [0.1, 0.15) is 0 Å². The Morgan fingerprint density at radius 1 is 1.24 bits per heavy atom. The Hall–Kier alpha value is -1.54. The lowest BCUT2D eigenvalue weighted by molar-refractivity contribution is -0.126. The lowest BCUT2D eigenvalue weighted by Crippen LogP contribution is -2.32. The van der Waals surface area contributed by atoms with Crippen LogP contribution in [-0.4, -0.2) is 12.7 Å². The molecule has 0 spiro atoms. The number of halogens is 3. The second kappa shape index (κ2) is 6.26. The maximum absolute atomic E-state index is 12.1. The van der Waals surface area contributed by atoms with Crippen LogP contribution in [-0.2, 0) is 0 Å². The second-order valence-corrected chi connectivity index (χ2v) is 3.66. The number of nitrogens with one attached hydrogen (secondary N) is 1. The van der Waals surface area contributed by atoms with Crippen LogP contribution in [0.3, 0.4) is 0 Å². The van der Waals surface area contributed by atoms with Crippen molar-refractivity contribution in [3.63, 3.8) is 0 Å². The zero-order chi connectivity index (χ0) is 12.7. The third-order valence-electron chi connectivity index (χ3n) is 2.30. The number of rotatable bonds is 5. The zero-order valence-electron chi connectivity index (χ0n) is 9.17. The molecule has 0 amide bonds. The quantitative estimate of drug-likeness (QED) is 0.860. The molecule has 0 heterocycles. The lowest BCUT2D eigenvalue weighted by atomic mass is 10.0. The molecule has 17 heavy (non-hydrogen) atoms. The molecule has 0 aliphatic carbocycles. The van der Waals surface area contributed by atoms with Crippen molar-refractivity contribution in [2.24, 2.45) is 0 Å². The summed E-state index contributed by atoms with van der Waals surface area (Å²) < 4.78 is 36.4. The summed E-state index contributed by atoms with van der Waals surface area (Å²) >= 11 is 0. The van der Waals surface area contributed by atoms with E-state index >= 15 is 0 Å². The molecule has 92 valence electrons. The van der Waals surface area contributed by atoms with Crippen molar-refractivity contribution in [3.05, 3.63) is 35.9 Å². The van der Waals surface area contributed by atoms with Crippen molar-refractivity contribution in [3.8, 4) is 6.07 Å². The number of alkyl halides is 3. The number of nitriles is 1. The summed E-state index contributed by atoms with van der Waals surface area (Å²) in [5.41, 5.74) is 0.770. The third kappa shape index (κ3) is 5.36. The minimum Gasteiger partial charge on any atom is -0.302 e. The summed E-state index contributed by atoms with van der Waals surface area (Å²) in [7, 11) is 0. The molecule has 5 heteroatoms. The van der Waals surface area contributed by atoms with Crippen molar-refractivity contribution in [1.82, 2.24) is 5.32 Å². The average molecular weight is 242 g/mol. The standard InChI is InChI=1S/C12H13F3N2/c13-12(14,15)9-17-11(7-4-8-16)10-5-2-1-3-6-10/h1-3,5-6,11,17H,4,7,9H2. The van der Waals surface area contributed by atoms with E-state index in [2.05, 4.69) is 5.32 Å². The van der Waals surface area contributed by atoms with Gasteiger partial charge >= 0.3 is 6.18 Å². The Balaban J connectivity index is 2.65. The summed E-state index contributed by atoms with van der Waals surface area (Å²) in [6, 6.07) is 10.4. The highest BCUT2D eigenvalue weighted by atomic mass is 19.4. The number of nitrogens with zero attached hydrogens (tertiary/aromatic N) is 1. The largest absolute Gasteiger partial charge is 0.401 e. The third-order valence-corrected chi connectivity index (χ3v) is 2.30. The molecule has 1 atom stereocenters. The van der Waals surface area contributed by atoms with Gasteiger partial charge in [-0.1, -0.05) is 30.3 Å². The highest BCUT2D eigenvalue weighted by molar-refractivity contribution is 5.19. The summed E-state index contributed by atoms with van der Waals surface area (Å²) in [6.45, 7) is -1.04. The molecule has 1 N–H and O–H groups in total. The van der Waals surface area contributed by atoms with Crippen LogP contribution in [0.25, 0.3) is 0 Å². The number of hydrogen-bond acceptors (Lipinski definition) is 2. The first-order valence-corrected chi connectivity index (χ1v) is 5.25. The van der Waals surface area contributed by atoms with Gasteiger partial charge in [-0.05, 0) is 12.0 Å². The van der Waals surface area contributed by atoms with E-state index in [4.69, 9.17) is 5.26 Å². The van der Waals surface area contributed by atoms with Crippen LogP contribution in [0.4, 0.5) is 13.2 Å². The van der Waals surface area contributed by atoms with Crippen molar-refractivity contribution >= 4 is 0 Å². The van der Waals surface area contributed by atoms with Gasteiger partial charge in [-0.2, -0.15) is 18.4 Å². The Morgan fingerprint density at radius 2 is 1.88 bits per heavy atom. The van der Waals surface area contributed by atoms with E-state index in [0.29, 0.717) is 6.42 Å². The molecule has 0 saturated heterocycles.